The van der Waals surface area contributed by atoms with Gasteiger partial charge in [-0.25, -0.2) is 0 Å². The summed E-state index contributed by atoms with van der Waals surface area (Å²) in [7, 11) is 0. The molecule has 0 saturated carbocycles. The van der Waals surface area contributed by atoms with Crippen LogP contribution in [0.25, 0.3) is 0 Å². The molecule has 0 atom stereocenters. The van der Waals surface area contributed by atoms with Crippen LogP contribution in [0.1, 0.15) is 31.7 Å². The number of rotatable bonds is 10. The van der Waals surface area contributed by atoms with Gasteiger partial charge in [-0.1, -0.05) is 19.4 Å². The third-order valence-electron chi connectivity index (χ3n) is 3.59. The summed E-state index contributed by atoms with van der Waals surface area (Å²) in [4.78, 5) is 0. The second kappa shape index (κ2) is 9.64. The van der Waals surface area contributed by atoms with Crippen LogP contribution in [-0.2, 0) is 11.2 Å². The quantitative estimate of drug-likeness (QED) is 0.651. The number of unbranched alkanes of at least 4 members (excludes halogenated alkanes) is 1. The highest BCUT2D eigenvalue weighted by atomic mass is 16.5. The van der Waals surface area contributed by atoms with E-state index < -0.39 is 0 Å². The molecular weight excluding hydrogens is 264 g/mol. The molecule has 0 unspecified atom stereocenters. The molecule has 0 fully saturated rings. The molecule has 0 aromatic heterocycles. The highest BCUT2D eigenvalue weighted by Crippen LogP contribution is 2.27. The molecule has 118 valence electrons. The number of anilines is 1. The van der Waals surface area contributed by atoms with Gasteiger partial charge in [0, 0.05) is 19.8 Å². The molecule has 1 heterocycles. The van der Waals surface area contributed by atoms with Gasteiger partial charge < -0.3 is 20.1 Å². The molecule has 0 aliphatic carbocycles. The normalized spacial score (nSPS) is 13.4. The zero-order chi connectivity index (χ0) is 14.8. The van der Waals surface area contributed by atoms with E-state index in [4.69, 9.17) is 9.47 Å². The summed E-state index contributed by atoms with van der Waals surface area (Å²) in [6, 6.07) is 6.42. The lowest BCUT2D eigenvalue weighted by atomic mass is 10.1. The minimum Gasteiger partial charge on any atom is -0.490 e. The summed E-state index contributed by atoms with van der Waals surface area (Å²) >= 11 is 0. The molecule has 0 radical (unpaired) electrons. The van der Waals surface area contributed by atoms with E-state index >= 15 is 0 Å². The molecule has 2 rings (SSSR count). The number of fused-ring (bicyclic) bond motifs is 1. The fourth-order valence-electron chi connectivity index (χ4n) is 2.35. The van der Waals surface area contributed by atoms with Crippen molar-refractivity contribution in [3.63, 3.8) is 0 Å². The van der Waals surface area contributed by atoms with Crippen molar-refractivity contribution in [1.82, 2.24) is 5.32 Å². The van der Waals surface area contributed by atoms with Crippen LogP contribution in [0.15, 0.2) is 18.2 Å². The third kappa shape index (κ3) is 5.94. The van der Waals surface area contributed by atoms with E-state index in [-0.39, 0.29) is 0 Å². The number of ether oxygens (including phenoxy) is 2. The zero-order valence-corrected chi connectivity index (χ0v) is 13.1. The van der Waals surface area contributed by atoms with Crippen LogP contribution in [0.2, 0.25) is 0 Å². The molecule has 1 aromatic rings. The maximum absolute atomic E-state index is 5.58. The average Bonchev–Trinajstić information content (AvgIpc) is 2.53. The van der Waals surface area contributed by atoms with Gasteiger partial charge in [-0.15, -0.1) is 0 Å². The smallest absolute Gasteiger partial charge is 0.142 e. The highest BCUT2D eigenvalue weighted by molar-refractivity contribution is 5.59. The van der Waals surface area contributed by atoms with Gasteiger partial charge in [0.1, 0.15) is 12.4 Å². The zero-order valence-electron chi connectivity index (χ0n) is 13.1. The Morgan fingerprint density at radius 1 is 1.24 bits per heavy atom. The molecule has 0 amide bonds. The summed E-state index contributed by atoms with van der Waals surface area (Å²) in [6.45, 7) is 7.65. The predicted molar refractivity (Wildman–Crippen MR) is 87.3 cm³/mol. The van der Waals surface area contributed by atoms with Gasteiger partial charge in [0.05, 0.1) is 5.69 Å². The monoisotopic (exact) mass is 292 g/mol. The molecule has 0 bridgehead atoms. The molecular formula is C17H28N2O2. The topological polar surface area (TPSA) is 42.5 Å². The second-order valence-electron chi connectivity index (χ2n) is 5.43. The highest BCUT2D eigenvalue weighted by Gasteiger charge is 2.09. The Labute approximate surface area is 128 Å². The molecule has 1 aromatic carbocycles. The maximum atomic E-state index is 5.58. The lowest BCUT2D eigenvalue weighted by Crippen LogP contribution is -2.20. The van der Waals surface area contributed by atoms with Crippen molar-refractivity contribution in [2.24, 2.45) is 0 Å². The number of hydrogen-bond donors (Lipinski definition) is 2. The van der Waals surface area contributed by atoms with Crippen molar-refractivity contribution in [3.05, 3.63) is 23.8 Å². The maximum Gasteiger partial charge on any atom is 0.142 e. The van der Waals surface area contributed by atoms with Crippen LogP contribution in [0.5, 0.6) is 5.75 Å². The van der Waals surface area contributed by atoms with Gasteiger partial charge in [0.25, 0.3) is 0 Å². The Kier molecular flexibility index (Phi) is 7.39. The number of nitrogens with one attached hydrogen (secondary N) is 2. The first-order chi connectivity index (χ1) is 10.4. The minimum atomic E-state index is 0.758. The standard InChI is InChI=1S/C17H28N2O2/c1-2-3-11-20-12-4-8-18-9-7-15-5-6-17-16(14-15)19-10-13-21-17/h5-6,14,18-19H,2-4,7-13H2,1H3. The van der Waals surface area contributed by atoms with Crippen LogP contribution in [0, 0.1) is 0 Å². The van der Waals surface area contributed by atoms with Crippen LogP contribution in [0.3, 0.4) is 0 Å². The van der Waals surface area contributed by atoms with Gasteiger partial charge in [0.2, 0.25) is 0 Å². The fraction of sp³-hybridized carbons (Fsp3) is 0.647. The van der Waals surface area contributed by atoms with Gasteiger partial charge in [-0.3, -0.25) is 0 Å². The SMILES string of the molecule is CCCCOCCCNCCc1ccc2c(c1)NCCO2. The van der Waals surface area contributed by atoms with E-state index in [0.29, 0.717) is 0 Å². The van der Waals surface area contributed by atoms with E-state index in [1.165, 1.54) is 18.4 Å². The van der Waals surface area contributed by atoms with Gasteiger partial charge in [-0.2, -0.15) is 0 Å². The van der Waals surface area contributed by atoms with Gasteiger partial charge in [0.15, 0.2) is 0 Å². The molecule has 1 aliphatic heterocycles. The lowest BCUT2D eigenvalue weighted by Gasteiger charge is -2.19. The first-order valence-corrected chi connectivity index (χ1v) is 8.18. The van der Waals surface area contributed by atoms with Crippen molar-refractivity contribution < 1.29 is 9.47 Å². The lowest BCUT2D eigenvalue weighted by molar-refractivity contribution is 0.129. The summed E-state index contributed by atoms with van der Waals surface area (Å²) in [6.07, 6.45) is 4.51. The first-order valence-electron chi connectivity index (χ1n) is 8.18. The Morgan fingerprint density at radius 2 is 2.14 bits per heavy atom. The van der Waals surface area contributed by atoms with E-state index in [1.54, 1.807) is 0 Å². The molecule has 1 aliphatic rings. The molecule has 4 heteroatoms. The van der Waals surface area contributed by atoms with Crippen LogP contribution < -0.4 is 15.4 Å². The fourth-order valence-corrected chi connectivity index (χ4v) is 2.35. The molecule has 4 nitrogen and oxygen atoms in total. The summed E-state index contributed by atoms with van der Waals surface area (Å²) < 4.78 is 11.1. The van der Waals surface area contributed by atoms with Crippen LogP contribution in [-0.4, -0.2) is 39.5 Å². The molecule has 0 spiro atoms. The van der Waals surface area contributed by atoms with Gasteiger partial charge >= 0.3 is 0 Å². The number of benzene rings is 1. The Morgan fingerprint density at radius 3 is 3.05 bits per heavy atom. The molecule has 0 saturated heterocycles. The minimum absolute atomic E-state index is 0.758. The van der Waals surface area contributed by atoms with E-state index in [2.05, 4.69) is 35.8 Å². The largest absolute Gasteiger partial charge is 0.490 e. The van der Waals surface area contributed by atoms with E-state index in [9.17, 15) is 0 Å². The van der Waals surface area contributed by atoms with E-state index in [0.717, 1.165) is 63.7 Å². The average molecular weight is 292 g/mol. The van der Waals surface area contributed by atoms with Crippen molar-refractivity contribution in [1.29, 1.82) is 0 Å². The third-order valence-corrected chi connectivity index (χ3v) is 3.59. The summed E-state index contributed by atoms with van der Waals surface area (Å²) in [5.74, 6) is 0.974. The Balaban J connectivity index is 1.54. The van der Waals surface area contributed by atoms with E-state index in [1.807, 2.05) is 0 Å². The second-order valence-corrected chi connectivity index (χ2v) is 5.43. The van der Waals surface area contributed by atoms with Crippen molar-refractivity contribution in [2.45, 2.75) is 32.6 Å². The van der Waals surface area contributed by atoms with Crippen molar-refractivity contribution in [2.75, 3.05) is 44.8 Å². The molecule has 21 heavy (non-hydrogen) atoms. The Bertz CT molecular complexity index is 410. The van der Waals surface area contributed by atoms with Crippen LogP contribution in [0.4, 0.5) is 5.69 Å². The summed E-state index contributed by atoms with van der Waals surface area (Å²) in [5.41, 5.74) is 2.47. The molecule has 2 N–H and O–H groups in total. The Hall–Kier alpha value is -1.26. The van der Waals surface area contributed by atoms with Gasteiger partial charge in [-0.05, 0) is 50.0 Å². The van der Waals surface area contributed by atoms with Crippen molar-refractivity contribution >= 4 is 5.69 Å². The number of hydrogen-bond acceptors (Lipinski definition) is 4. The van der Waals surface area contributed by atoms with Crippen molar-refractivity contribution in [3.8, 4) is 5.75 Å². The first kappa shape index (κ1) is 16.1. The van der Waals surface area contributed by atoms with Crippen LogP contribution >= 0.6 is 0 Å². The summed E-state index contributed by atoms with van der Waals surface area (Å²) in [5, 5.41) is 6.85. The predicted octanol–water partition coefficient (Wildman–Crippen LogP) is 2.83.